The van der Waals surface area contributed by atoms with Gasteiger partial charge < -0.3 is 16.0 Å². The summed E-state index contributed by atoms with van der Waals surface area (Å²) < 4.78 is 43.4. The van der Waals surface area contributed by atoms with Crippen molar-refractivity contribution in [3.8, 4) is 11.3 Å². The van der Waals surface area contributed by atoms with Gasteiger partial charge in [0.15, 0.2) is 0 Å². The number of benzene rings is 2. The standard InChI is InChI=1S/C28H30F3N7O/c1-37-9-7-17(8-10-37)11-18-3-5-21(13-23(18)28(29,30)31)34-26(39)15-22-14-25(38(2)36-22)19-4-6-24-20(12-19)16-33-27(32)35-24/h3-6,12-14,16-17H,7-11,15H2,1-2H3,(H,34,39)(H2,32,33,35). The van der Waals surface area contributed by atoms with Crippen LogP contribution in [0.15, 0.2) is 48.7 Å². The fraction of sp³-hybridized carbons (Fsp3) is 0.357. The number of nitrogens with two attached hydrogens (primary N) is 1. The number of nitrogens with one attached hydrogen (secondary N) is 1. The Hall–Kier alpha value is -3.99. The lowest BCUT2D eigenvalue weighted by Gasteiger charge is -2.29. The topological polar surface area (TPSA) is 102 Å². The largest absolute Gasteiger partial charge is 0.416 e. The number of hydrogen-bond acceptors (Lipinski definition) is 6. The van der Waals surface area contributed by atoms with Crippen molar-refractivity contribution in [1.29, 1.82) is 0 Å². The van der Waals surface area contributed by atoms with E-state index in [0.717, 1.165) is 48.6 Å². The van der Waals surface area contributed by atoms with E-state index in [1.54, 1.807) is 30.1 Å². The van der Waals surface area contributed by atoms with Crippen LogP contribution >= 0.6 is 0 Å². The van der Waals surface area contributed by atoms with Crippen LogP contribution in [0.5, 0.6) is 0 Å². The monoisotopic (exact) mass is 537 g/mol. The van der Waals surface area contributed by atoms with E-state index >= 15 is 0 Å². The molecule has 0 aliphatic carbocycles. The van der Waals surface area contributed by atoms with Crippen molar-refractivity contribution in [2.45, 2.75) is 31.9 Å². The highest BCUT2D eigenvalue weighted by Gasteiger charge is 2.34. The number of amides is 1. The number of nitrogens with zero attached hydrogens (tertiary/aromatic N) is 5. The van der Waals surface area contributed by atoms with Crippen molar-refractivity contribution >= 4 is 28.4 Å². The predicted molar refractivity (Wildman–Crippen MR) is 144 cm³/mol. The average Bonchev–Trinajstić information content (AvgIpc) is 3.24. The van der Waals surface area contributed by atoms with E-state index in [1.807, 2.05) is 25.2 Å². The summed E-state index contributed by atoms with van der Waals surface area (Å²) in [6.07, 6.45) is -0.824. The molecule has 1 aliphatic rings. The van der Waals surface area contributed by atoms with Crippen LogP contribution in [0.1, 0.15) is 29.7 Å². The Morgan fingerprint density at radius 1 is 1.10 bits per heavy atom. The molecule has 2 aromatic heterocycles. The Bertz CT molecular complexity index is 1510. The fourth-order valence-electron chi connectivity index (χ4n) is 5.13. The number of aryl methyl sites for hydroxylation is 1. The minimum absolute atomic E-state index is 0.0836. The molecule has 5 rings (SSSR count). The van der Waals surface area contributed by atoms with Gasteiger partial charge in [-0.15, -0.1) is 0 Å². The van der Waals surface area contributed by atoms with Gasteiger partial charge in [-0.05, 0) is 81.2 Å². The molecule has 4 aromatic rings. The average molecular weight is 538 g/mol. The molecule has 2 aromatic carbocycles. The maximum atomic E-state index is 13.9. The van der Waals surface area contributed by atoms with Crippen LogP contribution in [0.4, 0.5) is 24.8 Å². The first-order valence-electron chi connectivity index (χ1n) is 12.8. The Morgan fingerprint density at radius 2 is 1.87 bits per heavy atom. The maximum absolute atomic E-state index is 13.9. The first-order chi connectivity index (χ1) is 18.5. The number of fused-ring (bicyclic) bond motifs is 1. The van der Waals surface area contributed by atoms with Crippen LogP contribution in [0.25, 0.3) is 22.2 Å². The number of anilines is 2. The van der Waals surface area contributed by atoms with E-state index in [9.17, 15) is 18.0 Å². The first-order valence-corrected chi connectivity index (χ1v) is 12.8. The Labute approximate surface area is 224 Å². The molecule has 3 N–H and O–H groups in total. The van der Waals surface area contributed by atoms with Crippen LogP contribution in [-0.2, 0) is 30.9 Å². The molecule has 1 saturated heterocycles. The number of piperidine rings is 1. The summed E-state index contributed by atoms with van der Waals surface area (Å²) in [5, 5.41) is 7.85. The second kappa shape index (κ2) is 10.6. The van der Waals surface area contributed by atoms with E-state index in [0.29, 0.717) is 17.6 Å². The number of aromatic nitrogens is 4. The summed E-state index contributed by atoms with van der Waals surface area (Å²) in [6.45, 7) is 1.78. The number of halogens is 3. The molecule has 0 atom stereocenters. The molecule has 204 valence electrons. The fourth-order valence-corrected chi connectivity index (χ4v) is 5.13. The minimum Gasteiger partial charge on any atom is -0.368 e. The lowest BCUT2D eigenvalue weighted by atomic mass is 9.88. The minimum atomic E-state index is -4.51. The predicted octanol–water partition coefficient (Wildman–Crippen LogP) is 4.70. The third kappa shape index (κ3) is 6.19. The van der Waals surface area contributed by atoms with Gasteiger partial charge in [0.2, 0.25) is 11.9 Å². The number of carbonyl (C=O) groups is 1. The number of rotatable bonds is 6. The van der Waals surface area contributed by atoms with Gasteiger partial charge in [-0.25, -0.2) is 9.97 Å². The van der Waals surface area contributed by atoms with Crippen molar-refractivity contribution in [2.75, 3.05) is 31.2 Å². The molecule has 8 nitrogen and oxygen atoms in total. The van der Waals surface area contributed by atoms with E-state index in [2.05, 4.69) is 25.3 Å². The highest BCUT2D eigenvalue weighted by atomic mass is 19.4. The van der Waals surface area contributed by atoms with Crippen molar-refractivity contribution in [3.63, 3.8) is 0 Å². The van der Waals surface area contributed by atoms with E-state index < -0.39 is 17.6 Å². The lowest BCUT2D eigenvalue weighted by molar-refractivity contribution is -0.138. The second-order valence-electron chi connectivity index (χ2n) is 10.2. The van der Waals surface area contributed by atoms with Crippen LogP contribution in [-0.4, -0.2) is 50.7 Å². The smallest absolute Gasteiger partial charge is 0.368 e. The molecule has 1 fully saturated rings. The molecule has 11 heteroatoms. The van der Waals surface area contributed by atoms with Crippen molar-refractivity contribution in [3.05, 3.63) is 65.5 Å². The van der Waals surface area contributed by atoms with E-state index in [-0.39, 0.29) is 29.5 Å². The Balaban J connectivity index is 1.29. The zero-order valence-corrected chi connectivity index (χ0v) is 21.8. The van der Waals surface area contributed by atoms with Crippen LogP contribution < -0.4 is 11.1 Å². The summed E-state index contributed by atoms with van der Waals surface area (Å²) in [5.41, 5.74) is 8.18. The third-order valence-corrected chi connectivity index (χ3v) is 7.21. The van der Waals surface area contributed by atoms with Crippen molar-refractivity contribution in [1.82, 2.24) is 24.6 Å². The molecular weight excluding hydrogens is 507 g/mol. The van der Waals surface area contributed by atoms with Crippen LogP contribution in [0.2, 0.25) is 0 Å². The number of carbonyl (C=O) groups excluding carboxylic acids is 1. The molecular formula is C28H30F3N7O. The third-order valence-electron chi connectivity index (χ3n) is 7.21. The van der Waals surface area contributed by atoms with E-state index in [1.165, 1.54) is 6.07 Å². The first kappa shape index (κ1) is 26.6. The summed E-state index contributed by atoms with van der Waals surface area (Å²) in [6, 6.07) is 11.5. The van der Waals surface area contributed by atoms with Gasteiger partial charge in [-0.2, -0.15) is 18.3 Å². The van der Waals surface area contributed by atoms with Gasteiger partial charge in [-0.3, -0.25) is 9.48 Å². The molecule has 0 unspecified atom stereocenters. The number of hydrogen-bond donors (Lipinski definition) is 2. The van der Waals surface area contributed by atoms with Gasteiger partial charge in [-0.1, -0.05) is 12.1 Å². The van der Waals surface area contributed by atoms with Crippen molar-refractivity contribution in [2.24, 2.45) is 13.0 Å². The number of alkyl halides is 3. The molecule has 1 aliphatic heterocycles. The molecule has 0 saturated carbocycles. The molecule has 0 radical (unpaired) electrons. The highest BCUT2D eigenvalue weighted by molar-refractivity contribution is 5.92. The summed E-state index contributed by atoms with van der Waals surface area (Å²) in [4.78, 5) is 23.2. The summed E-state index contributed by atoms with van der Waals surface area (Å²) in [7, 11) is 3.79. The zero-order valence-electron chi connectivity index (χ0n) is 21.8. The van der Waals surface area contributed by atoms with Crippen LogP contribution in [0, 0.1) is 5.92 Å². The molecule has 39 heavy (non-hydrogen) atoms. The summed E-state index contributed by atoms with van der Waals surface area (Å²) >= 11 is 0. The molecule has 0 bridgehead atoms. The molecule has 3 heterocycles. The quantitative estimate of drug-likeness (QED) is 0.370. The van der Waals surface area contributed by atoms with Crippen LogP contribution in [0.3, 0.4) is 0 Å². The van der Waals surface area contributed by atoms with Gasteiger partial charge in [0.25, 0.3) is 0 Å². The number of likely N-dealkylation sites (tertiary alicyclic amines) is 1. The molecule has 0 spiro atoms. The maximum Gasteiger partial charge on any atom is 0.416 e. The van der Waals surface area contributed by atoms with Gasteiger partial charge in [0.1, 0.15) is 0 Å². The van der Waals surface area contributed by atoms with E-state index in [4.69, 9.17) is 5.73 Å². The lowest BCUT2D eigenvalue weighted by Crippen LogP contribution is -2.31. The van der Waals surface area contributed by atoms with Gasteiger partial charge >= 0.3 is 6.18 Å². The highest BCUT2D eigenvalue weighted by Crippen LogP contribution is 2.36. The molecule has 1 amide bonds. The summed E-state index contributed by atoms with van der Waals surface area (Å²) in [5.74, 6) is -0.0362. The zero-order chi connectivity index (χ0) is 27.7. The normalized spacial score (nSPS) is 15.1. The second-order valence-corrected chi connectivity index (χ2v) is 10.2. The Morgan fingerprint density at radius 3 is 2.62 bits per heavy atom. The van der Waals surface area contributed by atoms with Gasteiger partial charge in [0, 0.05) is 29.9 Å². The number of nitrogen functional groups attached to an aromatic ring is 1. The van der Waals surface area contributed by atoms with Crippen molar-refractivity contribution < 1.29 is 18.0 Å². The SMILES string of the molecule is CN1CCC(Cc2ccc(NC(=O)Cc3cc(-c4ccc5nc(N)ncc5c4)n(C)n3)cc2C(F)(F)F)CC1. The van der Waals surface area contributed by atoms with Gasteiger partial charge in [0.05, 0.1) is 28.9 Å². The Kier molecular flexibility index (Phi) is 7.26.